The zero-order chi connectivity index (χ0) is 11.6. The third-order valence-corrected chi connectivity index (χ3v) is 4.57. The monoisotopic (exact) mass is 245 g/mol. The molecule has 5 nitrogen and oxygen atoms in total. The Morgan fingerprint density at radius 3 is 3.06 bits per heavy atom. The van der Waals surface area contributed by atoms with Crippen LogP contribution < -0.4 is 0 Å². The van der Waals surface area contributed by atoms with Crippen molar-refractivity contribution in [2.75, 3.05) is 18.1 Å². The number of hydrogen-bond donors (Lipinski definition) is 1. The van der Waals surface area contributed by atoms with Gasteiger partial charge in [-0.1, -0.05) is 0 Å². The second kappa shape index (κ2) is 4.55. The molecule has 1 aromatic rings. The summed E-state index contributed by atoms with van der Waals surface area (Å²) in [6, 6.07) is 0. The summed E-state index contributed by atoms with van der Waals surface area (Å²) < 4.78 is 28.2. The van der Waals surface area contributed by atoms with Gasteiger partial charge < -0.3 is 9.52 Å². The van der Waals surface area contributed by atoms with E-state index >= 15 is 0 Å². The van der Waals surface area contributed by atoms with Gasteiger partial charge in [0, 0.05) is 18.9 Å². The van der Waals surface area contributed by atoms with Gasteiger partial charge in [0.2, 0.25) is 0 Å². The molecule has 6 heteroatoms. The first-order chi connectivity index (χ1) is 7.61. The number of aliphatic hydroxyl groups excluding tert-OH is 1. The number of nitrogens with zero attached hydrogens (tertiary/aromatic N) is 1. The normalized spacial score (nSPS) is 24.4. The second-order valence-electron chi connectivity index (χ2n) is 4.10. The highest BCUT2D eigenvalue weighted by atomic mass is 32.2. The van der Waals surface area contributed by atoms with Crippen LogP contribution >= 0.6 is 0 Å². The lowest BCUT2D eigenvalue weighted by Gasteiger charge is -2.18. The molecule has 1 aromatic heterocycles. The molecular weight excluding hydrogens is 230 g/mol. The lowest BCUT2D eigenvalue weighted by Crippen LogP contribution is -2.23. The Balaban J connectivity index is 2.11. The summed E-state index contributed by atoms with van der Waals surface area (Å²) in [5, 5.41) is 8.74. The SMILES string of the molecule is O=S1(=O)CCCC(c2nc(CCO)co2)C1. The van der Waals surface area contributed by atoms with Gasteiger partial charge in [0.1, 0.15) is 6.26 Å². The van der Waals surface area contributed by atoms with Crippen LogP contribution in [0.3, 0.4) is 0 Å². The van der Waals surface area contributed by atoms with Crippen LogP contribution in [0.4, 0.5) is 0 Å². The molecule has 1 fully saturated rings. The molecule has 90 valence electrons. The quantitative estimate of drug-likeness (QED) is 0.838. The van der Waals surface area contributed by atoms with E-state index in [9.17, 15) is 8.42 Å². The lowest BCUT2D eigenvalue weighted by molar-refractivity contribution is 0.298. The Morgan fingerprint density at radius 1 is 1.56 bits per heavy atom. The molecule has 0 amide bonds. The molecule has 1 aliphatic rings. The van der Waals surface area contributed by atoms with E-state index in [0.29, 0.717) is 24.4 Å². The molecule has 1 unspecified atom stereocenters. The van der Waals surface area contributed by atoms with Crippen molar-refractivity contribution in [2.24, 2.45) is 0 Å². The van der Waals surface area contributed by atoms with Crippen molar-refractivity contribution in [3.8, 4) is 0 Å². The molecule has 1 aliphatic heterocycles. The standard InChI is InChI=1S/C10H15NO4S/c12-4-3-9-6-15-10(11-9)8-2-1-5-16(13,14)7-8/h6,8,12H,1-5,7H2. The maximum atomic E-state index is 11.5. The van der Waals surface area contributed by atoms with Gasteiger partial charge in [-0.2, -0.15) is 0 Å². The van der Waals surface area contributed by atoms with Gasteiger partial charge in [0.05, 0.1) is 17.2 Å². The molecule has 0 spiro atoms. The highest BCUT2D eigenvalue weighted by Gasteiger charge is 2.29. The van der Waals surface area contributed by atoms with E-state index in [2.05, 4.69) is 4.98 Å². The Kier molecular flexibility index (Phi) is 3.30. The van der Waals surface area contributed by atoms with Crippen LogP contribution in [0.2, 0.25) is 0 Å². The number of hydrogen-bond acceptors (Lipinski definition) is 5. The van der Waals surface area contributed by atoms with Crippen LogP contribution in [0, 0.1) is 0 Å². The molecule has 2 rings (SSSR count). The van der Waals surface area contributed by atoms with E-state index in [4.69, 9.17) is 9.52 Å². The van der Waals surface area contributed by atoms with Gasteiger partial charge in [-0.15, -0.1) is 0 Å². The van der Waals surface area contributed by atoms with Crippen molar-refractivity contribution in [1.82, 2.24) is 4.98 Å². The summed E-state index contributed by atoms with van der Waals surface area (Å²) in [4.78, 5) is 4.20. The predicted molar refractivity (Wildman–Crippen MR) is 57.9 cm³/mol. The van der Waals surface area contributed by atoms with Crippen LogP contribution in [-0.2, 0) is 16.3 Å². The van der Waals surface area contributed by atoms with E-state index in [1.165, 1.54) is 6.26 Å². The summed E-state index contributed by atoms with van der Waals surface area (Å²) in [5.41, 5.74) is 0.681. The zero-order valence-corrected chi connectivity index (χ0v) is 9.74. The van der Waals surface area contributed by atoms with E-state index < -0.39 is 9.84 Å². The molecule has 0 aromatic carbocycles. The molecule has 1 saturated heterocycles. The third-order valence-electron chi connectivity index (χ3n) is 2.75. The van der Waals surface area contributed by atoms with Gasteiger partial charge in [0.15, 0.2) is 15.7 Å². The fourth-order valence-electron chi connectivity index (χ4n) is 1.96. The minimum Gasteiger partial charge on any atom is -0.448 e. The fourth-order valence-corrected chi connectivity index (χ4v) is 3.65. The largest absolute Gasteiger partial charge is 0.448 e. The second-order valence-corrected chi connectivity index (χ2v) is 6.33. The number of sulfone groups is 1. The number of aliphatic hydroxyl groups is 1. The molecule has 1 atom stereocenters. The van der Waals surface area contributed by atoms with Crippen LogP contribution in [0.25, 0.3) is 0 Å². The Morgan fingerprint density at radius 2 is 2.38 bits per heavy atom. The van der Waals surface area contributed by atoms with Gasteiger partial charge in [-0.05, 0) is 12.8 Å². The Hall–Kier alpha value is -0.880. The Bertz CT molecular complexity index is 451. The summed E-state index contributed by atoms with van der Waals surface area (Å²) in [6.07, 6.45) is 3.42. The number of rotatable bonds is 3. The molecule has 0 radical (unpaired) electrons. The Labute approximate surface area is 94.4 Å². The van der Waals surface area contributed by atoms with Crippen molar-refractivity contribution in [3.63, 3.8) is 0 Å². The van der Waals surface area contributed by atoms with E-state index in [0.717, 1.165) is 6.42 Å². The zero-order valence-electron chi connectivity index (χ0n) is 8.92. The fraction of sp³-hybridized carbons (Fsp3) is 0.700. The minimum absolute atomic E-state index is 0.0228. The maximum absolute atomic E-state index is 11.5. The molecule has 0 bridgehead atoms. The number of aromatic nitrogens is 1. The average Bonchev–Trinajstić information content (AvgIpc) is 2.65. The summed E-state index contributed by atoms with van der Waals surface area (Å²) in [5.74, 6) is 0.776. The molecular formula is C10H15NO4S. The van der Waals surface area contributed by atoms with Crippen LogP contribution in [0.15, 0.2) is 10.7 Å². The van der Waals surface area contributed by atoms with Crippen molar-refractivity contribution in [3.05, 3.63) is 17.8 Å². The number of oxazole rings is 1. The lowest BCUT2D eigenvalue weighted by atomic mass is 10.1. The van der Waals surface area contributed by atoms with Crippen molar-refractivity contribution >= 4 is 9.84 Å². The van der Waals surface area contributed by atoms with Crippen LogP contribution in [-0.4, -0.2) is 36.6 Å². The van der Waals surface area contributed by atoms with Crippen LogP contribution in [0.5, 0.6) is 0 Å². The summed E-state index contributed by atoms with van der Waals surface area (Å²) in [7, 11) is -2.93. The van der Waals surface area contributed by atoms with Gasteiger partial charge in [0.25, 0.3) is 0 Å². The average molecular weight is 245 g/mol. The van der Waals surface area contributed by atoms with Crippen molar-refractivity contribution < 1.29 is 17.9 Å². The topological polar surface area (TPSA) is 80.4 Å². The first-order valence-electron chi connectivity index (χ1n) is 5.36. The predicted octanol–water partition coefficient (Wildman–Crippen LogP) is 0.502. The summed E-state index contributed by atoms with van der Waals surface area (Å²) >= 11 is 0. The van der Waals surface area contributed by atoms with E-state index in [-0.39, 0.29) is 24.0 Å². The molecule has 0 saturated carbocycles. The highest BCUT2D eigenvalue weighted by molar-refractivity contribution is 7.91. The molecule has 2 heterocycles. The van der Waals surface area contributed by atoms with E-state index in [1.807, 2.05) is 0 Å². The van der Waals surface area contributed by atoms with Crippen molar-refractivity contribution in [1.29, 1.82) is 0 Å². The van der Waals surface area contributed by atoms with Crippen LogP contribution in [0.1, 0.15) is 30.3 Å². The summed E-state index contributed by atoms with van der Waals surface area (Å²) in [6.45, 7) is 0.0228. The first-order valence-corrected chi connectivity index (χ1v) is 7.18. The van der Waals surface area contributed by atoms with E-state index in [1.54, 1.807) is 0 Å². The minimum atomic E-state index is -2.93. The molecule has 16 heavy (non-hydrogen) atoms. The smallest absolute Gasteiger partial charge is 0.198 e. The molecule has 0 aliphatic carbocycles. The maximum Gasteiger partial charge on any atom is 0.198 e. The van der Waals surface area contributed by atoms with Gasteiger partial charge >= 0.3 is 0 Å². The molecule has 1 N–H and O–H groups in total. The third kappa shape index (κ3) is 2.62. The van der Waals surface area contributed by atoms with Gasteiger partial charge in [-0.25, -0.2) is 13.4 Å². The van der Waals surface area contributed by atoms with Gasteiger partial charge in [-0.3, -0.25) is 0 Å². The first kappa shape index (κ1) is 11.6. The van der Waals surface area contributed by atoms with Crippen molar-refractivity contribution in [2.45, 2.75) is 25.2 Å². The highest BCUT2D eigenvalue weighted by Crippen LogP contribution is 2.27.